The van der Waals surface area contributed by atoms with Crippen molar-refractivity contribution in [3.8, 4) is 0 Å². The first-order valence-corrected chi connectivity index (χ1v) is 12.6. The summed E-state index contributed by atoms with van der Waals surface area (Å²) in [6, 6.07) is 0.464. The highest BCUT2D eigenvalue weighted by molar-refractivity contribution is 8.00. The maximum Gasteiger partial charge on any atom is 0.315 e. The molecule has 0 aliphatic carbocycles. The van der Waals surface area contributed by atoms with Crippen LogP contribution in [0.5, 0.6) is 0 Å². The maximum absolute atomic E-state index is 11.9. The van der Waals surface area contributed by atoms with E-state index in [0.717, 1.165) is 70.1 Å². The first kappa shape index (κ1) is 24.8. The molecule has 0 bridgehead atoms. The number of nitrogens with one attached hydrogen (secondary N) is 4. The van der Waals surface area contributed by atoms with Gasteiger partial charge in [0.1, 0.15) is 0 Å². The lowest BCUT2D eigenvalue weighted by Gasteiger charge is -2.16. The van der Waals surface area contributed by atoms with Gasteiger partial charge < -0.3 is 27.0 Å². The van der Waals surface area contributed by atoms with Crippen LogP contribution in [0.15, 0.2) is 0 Å². The molecular weight excluding hydrogens is 402 g/mol. The van der Waals surface area contributed by atoms with Crippen molar-refractivity contribution in [2.45, 2.75) is 88.0 Å². The Kier molecular flexibility index (Phi) is 12.0. The number of hydrogen-bond acceptors (Lipinski definition) is 5. The highest BCUT2D eigenvalue weighted by Gasteiger charge is 2.42. The molecule has 172 valence electrons. The molecule has 3 unspecified atom stereocenters. The molecule has 0 radical (unpaired) electrons. The summed E-state index contributed by atoms with van der Waals surface area (Å²) in [4.78, 5) is 35.0. The van der Waals surface area contributed by atoms with E-state index in [-0.39, 0.29) is 29.9 Å². The molecule has 9 heteroatoms. The number of thioether (sulfide) groups is 1. The quantitative estimate of drug-likeness (QED) is 0.184. The van der Waals surface area contributed by atoms with Gasteiger partial charge in [-0.05, 0) is 45.1 Å². The van der Waals surface area contributed by atoms with Crippen LogP contribution in [0.1, 0.15) is 70.6 Å². The van der Waals surface area contributed by atoms with Crippen molar-refractivity contribution in [3.05, 3.63) is 0 Å². The van der Waals surface area contributed by atoms with Crippen molar-refractivity contribution in [2.75, 3.05) is 25.4 Å². The van der Waals surface area contributed by atoms with E-state index in [0.29, 0.717) is 31.2 Å². The van der Waals surface area contributed by atoms with E-state index in [9.17, 15) is 14.4 Å². The number of hydrogen-bond donors (Lipinski definition) is 5. The molecule has 2 rings (SSSR count). The van der Waals surface area contributed by atoms with Crippen molar-refractivity contribution < 1.29 is 14.4 Å². The summed E-state index contributed by atoms with van der Waals surface area (Å²) in [6.07, 6.45) is 9.82. The smallest absolute Gasteiger partial charge is 0.315 e. The van der Waals surface area contributed by atoms with Gasteiger partial charge >= 0.3 is 6.03 Å². The van der Waals surface area contributed by atoms with Gasteiger partial charge in [0.25, 0.3) is 0 Å². The van der Waals surface area contributed by atoms with E-state index in [1.807, 2.05) is 11.8 Å². The lowest BCUT2D eigenvalue weighted by atomic mass is 10.0. The van der Waals surface area contributed by atoms with E-state index >= 15 is 0 Å². The molecule has 4 amide bonds. The molecule has 2 heterocycles. The molecule has 30 heavy (non-hydrogen) atoms. The van der Waals surface area contributed by atoms with E-state index < -0.39 is 0 Å². The van der Waals surface area contributed by atoms with Crippen molar-refractivity contribution >= 4 is 29.6 Å². The molecule has 2 aliphatic rings. The number of unbranched alkanes of at least 4 members (excludes halogenated alkanes) is 5. The minimum Gasteiger partial charge on any atom is -0.356 e. The Bertz CT molecular complexity index is 549. The molecule has 6 N–H and O–H groups in total. The fourth-order valence-electron chi connectivity index (χ4n) is 3.94. The summed E-state index contributed by atoms with van der Waals surface area (Å²) < 4.78 is 0. The highest BCUT2D eigenvalue weighted by atomic mass is 32.2. The Morgan fingerprint density at radius 2 is 1.53 bits per heavy atom. The second kappa shape index (κ2) is 14.5. The number of rotatable bonds is 16. The van der Waals surface area contributed by atoms with Crippen LogP contribution >= 0.6 is 11.8 Å². The largest absolute Gasteiger partial charge is 0.356 e. The highest BCUT2D eigenvalue weighted by Crippen LogP contribution is 2.33. The van der Waals surface area contributed by atoms with Crippen LogP contribution in [0.3, 0.4) is 0 Å². The summed E-state index contributed by atoms with van der Waals surface area (Å²) in [6.45, 7) is 2.13. The fraction of sp³-hybridized carbons (Fsp3) is 0.857. The van der Waals surface area contributed by atoms with Gasteiger partial charge in [0, 0.05) is 36.9 Å². The average molecular weight is 442 g/mol. The molecule has 3 atom stereocenters. The Hall–Kier alpha value is -1.48. The van der Waals surface area contributed by atoms with Crippen LogP contribution < -0.4 is 27.0 Å². The molecule has 2 saturated heterocycles. The van der Waals surface area contributed by atoms with Crippen molar-refractivity contribution in [3.63, 3.8) is 0 Å². The third kappa shape index (κ3) is 9.55. The van der Waals surface area contributed by atoms with Crippen LogP contribution in [0, 0.1) is 0 Å². The molecule has 0 aromatic carbocycles. The first-order chi connectivity index (χ1) is 14.6. The van der Waals surface area contributed by atoms with Gasteiger partial charge in [0.05, 0.1) is 12.1 Å². The van der Waals surface area contributed by atoms with Gasteiger partial charge in [-0.2, -0.15) is 11.8 Å². The zero-order chi connectivity index (χ0) is 21.6. The molecule has 0 aromatic rings. The van der Waals surface area contributed by atoms with Crippen LogP contribution in [-0.4, -0.2) is 60.6 Å². The first-order valence-electron chi connectivity index (χ1n) is 11.5. The van der Waals surface area contributed by atoms with Crippen LogP contribution in [0.4, 0.5) is 4.79 Å². The predicted octanol–water partition coefficient (Wildman–Crippen LogP) is 1.63. The van der Waals surface area contributed by atoms with Gasteiger partial charge in [-0.1, -0.05) is 19.3 Å². The fourth-order valence-corrected chi connectivity index (χ4v) is 5.48. The third-order valence-electron chi connectivity index (χ3n) is 5.69. The summed E-state index contributed by atoms with van der Waals surface area (Å²) in [7, 11) is 0. The predicted molar refractivity (Wildman–Crippen MR) is 121 cm³/mol. The Morgan fingerprint density at radius 1 is 0.900 bits per heavy atom. The molecule has 2 aliphatic heterocycles. The van der Waals surface area contributed by atoms with E-state index in [1.54, 1.807) is 0 Å². The monoisotopic (exact) mass is 441 g/mol. The van der Waals surface area contributed by atoms with E-state index in [1.165, 1.54) is 0 Å². The minimum absolute atomic E-state index is 0.0476. The number of carbonyl (C=O) groups excluding carboxylic acids is 3. The standard InChI is InChI=1S/C21H39N5O3S/c22-12-6-2-8-14-24-18(27)10-3-1-7-13-23-19(28)11-5-4-9-17-20-16(15-30-17)25-21(29)26-20/h16-17,20H,1-15,22H2,(H,23,28)(H,24,27)(H2,25,26,29). The third-order valence-corrected chi connectivity index (χ3v) is 7.20. The lowest BCUT2D eigenvalue weighted by Crippen LogP contribution is -2.36. The van der Waals surface area contributed by atoms with Gasteiger partial charge in [0.2, 0.25) is 11.8 Å². The number of urea groups is 1. The zero-order valence-electron chi connectivity index (χ0n) is 18.0. The zero-order valence-corrected chi connectivity index (χ0v) is 18.9. The number of amides is 4. The van der Waals surface area contributed by atoms with Gasteiger partial charge in [-0.3, -0.25) is 9.59 Å². The Balaban J connectivity index is 1.36. The van der Waals surface area contributed by atoms with E-state index in [4.69, 9.17) is 5.73 Å². The molecule has 2 fully saturated rings. The summed E-state index contributed by atoms with van der Waals surface area (Å²) >= 11 is 1.92. The lowest BCUT2D eigenvalue weighted by molar-refractivity contribution is -0.122. The van der Waals surface area contributed by atoms with Gasteiger partial charge in [-0.15, -0.1) is 0 Å². The maximum atomic E-state index is 11.9. The van der Waals surface area contributed by atoms with Crippen LogP contribution in [-0.2, 0) is 9.59 Å². The van der Waals surface area contributed by atoms with Crippen molar-refractivity contribution in [2.24, 2.45) is 5.73 Å². The Labute approximate surface area is 184 Å². The molecule has 0 saturated carbocycles. The summed E-state index contributed by atoms with van der Waals surface area (Å²) in [5, 5.41) is 12.3. The summed E-state index contributed by atoms with van der Waals surface area (Å²) in [5.41, 5.74) is 5.44. The second-order valence-corrected chi connectivity index (χ2v) is 9.50. The van der Waals surface area contributed by atoms with E-state index in [2.05, 4.69) is 21.3 Å². The van der Waals surface area contributed by atoms with Gasteiger partial charge in [0.15, 0.2) is 0 Å². The molecule has 0 spiro atoms. The summed E-state index contributed by atoms with van der Waals surface area (Å²) in [5.74, 6) is 1.20. The molecular formula is C21H39N5O3S. The van der Waals surface area contributed by atoms with Crippen molar-refractivity contribution in [1.29, 1.82) is 0 Å². The SMILES string of the molecule is NCCCCCNC(=O)CCCCCNC(=O)CCCCC1SCC2NC(=O)NC21. The number of fused-ring (bicyclic) bond motifs is 1. The van der Waals surface area contributed by atoms with Crippen LogP contribution in [0.25, 0.3) is 0 Å². The number of nitrogens with two attached hydrogens (primary N) is 1. The second-order valence-electron chi connectivity index (χ2n) is 8.23. The topological polar surface area (TPSA) is 125 Å². The van der Waals surface area contributed by atoms with Gasteiger partial charge in [-0.25, -0.2) is 4.79 Å². The average Bonchev–Trinajstić information content (AvgIpc) is 3.27. The molecule has 8 nitrogen and oxygen atoms in total. The normalized spacial score (nSPS) is 22.3. The van der Waals surface area contributed by atoms with Crippen LogP contribution in [0.2, 0.25) is 0 Å². The molecule has 0 aromatic heterocycles. The number of carbonyl (C=O) groups is 3. The van der Waals surface area contributed by atoms with Crippen molar-refractivity contribution in [1.82, 2.24) is 21.3 Å². The minimum atomic E-state index is -0.0476. The Morgan fingerprint density at radius 3 is 2.20 bits per heavy atom.